The standard InChI is InChI=1S/C4H9N/c1-3-4-5-2/h3-5H,1-2H3/p+1/b4-3+. The van der Waals surface area contributed by atoms with Crippen molar-refractivity contribution >= 4 is 0 Å². The average molecular weight is 72.1 g/mol. The molecule has 0 amide bonds. The highest BCUT2D eigenvalue weighted by atomic mass is 14.8. The topological polar surface area (TPSA) is 16.6 Å². The highest BCUT2D eigenvalue weighted by Gasteiger charge is 1.52. The molecule has 0 aliphatic carbocycles. The fourth-order valence-electron chi connectivity index (χ4n) is 0.192. The van der Waals surface area contributed by atoms with Crippen LogP contribution in [0.25, 0.3) is 0 Å². The van der Waals surface area contributed by atoms with E-state index in [0.29, 0.717) is 0 Å². The molecule has 0 aromatic heterocycles. The third-order valence-corrected chi connectivity index (χ3v) is 0.385. The molecule has 0 radical (unpaired) electrons. The Balaban J connectivity index is 2.62. The summed E-state index contributed by atoms with van der Waals surface area (Å²) in [5, 5.41) is 2.00. The Hall–Kier alpha value is -0.300. The predicted molar refractivity (Wildman–Crippen MR) is 22.7 cm³/mol. The average Bonchev–Trinajstić information content (AvgIpc) is 1.41. The van der Waals surface area contributed by atoms with Crippen LogP contribution in [0.3, 0.4) is 0 Å². The second kappa shape index (κ2) is 3.70. The first-order chi connectivity index (χ1) is 2.41. The van der Waals surface area contributed by atoms with Crippen LogP contribution in [0.5, 0.6) is 0 Å². The lowest BCUT2D eigenvalue weighted by Gasteiger charge is -1.68. The van der Waals surface area contributed by atoms with Gasteiger partial charge in [-0.25, -0.2) is 0 Å². The van der Waals surface area contributed by atoms with Gasteiger partial charge in [0.1, 0.15) is 0 Å². The van der Waals surface area contributed by atoms with Crippen molar-refractivity contribution in [2.24, 2.45) is 0 Å². The van der Waals surface area contributed by atoms with Gasteiger partial charge in [0, 0.05) is 0 Å². The van der Waals surface area contributed by atoms with Crippen LogP contribution in [-0.2, 0) is 0 Å². The fourth-order valence-corrected chi connectivity index (χ4v) is 0.192. The van der Waals surface area contributed by atoms with Crippen LogP contribution in [0.15, 0.2) is 12.3 Å². The number of rotatable bonds is 1. The van der Waals surface area contributed by atoms with Gasteiger partial charge >= 0.3 is 0 Å². The van der Waals surface area contributed by atoms with Crippen molar-refractivity contribution in [2.75, 3.05) is 7.05 Å². The maximum atomic E-state index is 2.00. The smallest absolute Gasteiger partial charge is 0.0880 e. The van der Waals surface area contributed by atoms with Gasteiger partial charge in [0.05, 0.1) is 13.2 Å². The van der Waals surface area contributed by atoms with E-state index in [2.05, 4.69) is 0 Å². The van der Waals surface area contributed by atoms with Gasteiger partial charge < -0.3 is 5.32 Å². The molecule has 0 saturated carbocycles. The van der Waals surface area contributed by atoms with Crippen LogP contribution in [0, 0.1) is 0 Å². The Bertz CT molecular complexity index is 30.6. The molecular formula is C4H10N+. The van der Waals surface area contributed by atoms with E-state index in [1.165, 1.54) is 0 Å². The summed E-state index contributed by atoms with van der Waals surface area (Å²) in [6.07, 6.45) is 4.00. The van der Waals surface area contributed by atoms with Crippen LogP contribution in [0.4, 0.5) is 0 Å². The van der Waals surface area contributed by atoms with Gasteiger partial charge in [-0.05, 0) is 13.0 Å². The second-order valence-corrected chi connectivity index (χ2v) is 0.859. The van der Waals surface area contributed by atoms with Gasteiger partial charge in [0.15, 0.2) is 0 Å². The number of hydrogen-bond acceptors (Lipinski definition) is 0. The number of quaternary nitrogens is 1. The lowest BCUT2D eigenvalue weighted by atomic mass is 10.7. The van der Waals surface area contributed by atoms with Crippen molar-refractivity contribution in [3.05, 3.63) is 12.3 Å². The van der Waals surface area contributed by atoms with E-state index < -0.39 is 0 Å². The molecule has 0 heterocycles. The second-order valence-electron chi connectivity index (χ2n) is 0.859. The van der Waals surface area contributed by atoms with Crippen LogP contribution in [0.1, 0.15) is 6.92 Å². The van der Waals surface area contributed by atoms with Crippen molar-refractivity contribution in [1.29, 1.82) is 0 Å². The van der Waals surface area contributed by atoms with Crippen molar-refractivity contribution in [1.82, 2.24) is 0 Å². The van der Waals surface area contributed by atoms with Gasteiger partial charge in [-0.3, -0.25) is 0 Å². The summed E-state index contributed by atoms with van der Waals surface area (Å²) in [5.74, 6) is 0. The summed E-state index contributed by atoms with van der Waals surface area (Å²) >= 11 is 0. The van der Waals surface area contributed by atoms with Crippen LogP contribution in [0.2, 0.25) is 0 Å². The van der Waals surface area contributed by atoms with E-state index in [9.17, 15) is 0 Å². The molecular weight excluding hydrogens is 62.1 g/mol. The van der Waals surface area contributed by atoms with Crippen molar-refractivity contribution in [2.45, 2.75) is 6.92 Å². The molecule has 0 aliphatic rings. The quantitative estimate of drug-likeness (QED) is 0.438. The van der Waals surface area contributed by atoms with Gasteiger partial charge in [-0.2, -0.15) is 0 Å². The monoisotopic (exact) mass is 72.1 g/mol. The Morgan fingerprint density at radius 1 is 1.60 bits per heavy atom. The molecule has 5 heavy (non-hydrogen) atoms. The first-order valence-corrected chi connectivity index (χ1v) is 1.82. The molecule has 0 fully saturated rings. The van der Waals surface area contributed by atoms with Crippen LogP contribution >= 0.6 is 0 Å². The largest absolute Gasteiger partial charge is 0.323 e. The predicted octanol–water partition coefficient (Wildman–Crippen LogP) is -0.287. The highest BCUT2D eigenvalue weighted by molar-refractivity contribution is 4.59. The minimum atomic E-state index is 2.00. The highest BCUT2D eigenvalue weighted by Crippen LogP contribution is 1.45. The van der Waals surface area contributed by atoms with Gasteiger partial charge in [0.25, 0.3) is 0 Å². The van der Waals surface area contributed by atoms with Crippen LogP contribution < -0.4 is 5.32 Å². The zero-order valence-corrected chi connectivity index (χ0v) is 3.73. The van der Waals surface area contributed by atoms with Gasteiger partial charge in [-0.15, -0.1) is 0 Å². The van der Waals surface area contributed by atoms with E-state index >= 15 is 0 Å². The minimum absolute atomic E-state index is 2.00. The van der Waals surface area contributed by atoms with E-state index in [1.54, 1.807) is 0 Å². The van der Waals surface area contributed by atoms with E-state index in [4.69, 9.17) is 0 Å². The molecule has 0 atom stereocenters. The number of nitrogens with two attached hydrogens (primary N) is 1. The van der Waals surface area contributed by atoms with Crippen molar-refractivity contribution in [3.8, 4) is 0 Å². The van der Waals surface area contributed by atoms with E-state index in [0.717, 1.165) is 0 Å². The third-order valence-electron chi connectivity index (χ3n) is 0.385. The van der Waals surface area contributed by atoms with Crippen LogP contribution in [-0.4, -0.2) is 7.05 Å². The summed E-state index contributed by atoms with van der Waals surface area (Å²) in [6.45, 7) is 2.00. The molecule has 1 heteroatoms. The lowest BCUT2D eigenvalue weighted by Crippen LogP contribution is -2.72. The maximum Gasteiger partial charge on any atom is 0.0880 e. The molecule has 0 aromatic rings. The molecule has 0 saturated heterocycles. The molecule has 1 nitrogen and oxygen atoms in total. The van der Waals surface area contributed by atoms with E-state index in [1.807, 2.05) is 31.6 Å². The van der Waals surface area contributed by atoms with Crippen molar-refractivity contribution < 1.29 is 5.32 Å². The molecule has 0 bridgehead atoms. The summed E-state index contributed by atoms with van der Waals surface area (Å²) < 4.78 is 0. The minimum Gasteiger partial charge on any atom is -0.323 e. The van der Waals surface area contributed by atoms with Gasteiger partial charge in [0.2, 0.25) is 0 Å². The lowest BCUT2D eigenvalue weighted by molar-refractivity contribution is -0.556. The first kappa shape index (κ1) is 4.70. The fraction of sp³-hybridized carbons (Fsp3) is 0.500. The molecule has 0 spiro atoms. The summed E-state index contributed by atoms with van der Waals surface area (Å²) in [4.78, 5) is 0. The summed E-state index contributed by atoms with van der Waals surface area (Å²) in [5.41, 5.74) is 0. The molecule has 0 aliphatic heterocycles. The zero-order chi connectivity index (χ0) is 4.12. The summed E-state index contributed by atoms with van der Waals surface area (Å²) in [7, 11) is 2.00. The molecule has 0 aromatic carbocycles. The molecule has 0 unspecified atom stereocenters. The normalized spacial score (nSPS) is 10.0. The maximum absolute atomic E-state index is 2.00. The Morgan fingerprint density at radius 3 is 2.20 bits per heavy atom. The SMILES string of the molecule is C/C=C/[NH2+]C. The Labute approximate surface area is 32.7 Å². The third kappa shape index (κ3) is 3.70. The number of hydrogen-bond donors (Lipinski definition) is 1. The summed E-state index contributed by atoms with van der Waals surface area (Å²) in [6, 6.07) is 0. The van der Waals surface area contributed by atoms with Crippen molar-refractivity contribution in [3.63, 3.8) is 0 Å². The molecule has 0 rings (SSSR count). The Kier molecular flexibility index (Phi) is 3.48. The first-order valence-electron chi connectivity index (χ1n) is 1.82. The van der Waals surface area contributed by atoms with Gasteiger partial charge in [-0.1, -0.05) is 0 Å². The number of allylic oxidation sites excluding steroid dienone is 1. The zero-order valence-electron chi connectivity index (χ0n) is 3.73. The Morgan fingerprint density at radius 2 is 2.20 bits per heavy atom. The van der Waals surface area contributed by atoms with E-state index in [-0.39, 0.29) is 0 Å². The molecule has 30 valence electrons. The molecule has 2 N–H and O–H groups in total.